The summed E-state index contributed by atoms with van der Waals surface area (Å²) >= 11 is 0. The standard InChI is InChI=1S/C29H31FN4O/c1-20-28-27(23-11-10-22(35-2)17-25(23)32-28)29(19-34(20)18-21-7-3-4-8-24(21)30)12-15-33(16-13-29)26-9-5-6-14-31-26/h3-11,14,17,20,32H,12-13,15-16,18-19H2,1-2H3. The quantitative estimate of drug-likeness (QED) is 0.408. The molecule has 1 atom stereocenters. The molecule has 1 fully saturated rings. The van der Waals surface area contributed by atoms with E-state index < -0.39 is 0 Å². The number of piperidine rings is 1. The molecule has 0 aliphatic carbocycles. The Labute approximate surface area is 205 Å². The molecular formula is C29H31FN4O. The number of nitrogens with one attached hydrogen (secondary N) is 1. The van der Waals surface area contributed by atoms with Gasteiger partial charge in [-0.05, 0) is 55.7 Å². The number of H-pyrrole nitrogens is 1. The Bertz CT molecular complexity index is 1340. The second-order valence-electron chi connectivity index (χ2n) is 9.95. The highest BCUT2D eigenvalue weighted by Gasteiger charge is 2.46. The van der Waals surface area contributed by atoms with Gasteiger partial charge in [-0.25, -0.2) is 9.37 Å². The fraction of sp³-hybridized carbons (Fsp3) is 0.345. The summed E-state index contributed by atoms with van der Waals surface area (Å²) in [6, 6.07) is 19.8. The summed E-state index contributed by atoms with van der Waals surface area (Å²) in [4.78, 5) is 13.2. The smallest absolute Gasteiger partial charge is 0.128 e. The highest BCUT2D eigenvalue weighted by molar-refractivity contribution is 5.87. The summed E-state index contributed by atoms with van der Waals surface area (Å²) < 4.78 is 20.1. The van der Waals surface area contributed by atoms with Crippen molar-refractivity contribution in [3.8, 4) is 5.75 Å². The van der Waals surface area contributed by atoms with Crippen LogP contribution in [0.25, 0.3) is 10.9 Å². The number of aromatic nitrogens is 2. The highest BCUT2D eigenvalue weighted by Crippen LogP contribution is 2.49. The average molecular weight is 471 g/mol. The van der Waals surface area contributed by atoms with Gasteiger partial charge in [-0.3, -0.25) is 4.90 Å². The Morgan fingerprint density at radius 2 is 1.89 bits per heavy atom. The SMILES string of the molecule is COc1ccc2c3c([nH]c2c1)C(C)N(Cc1ccccc1F)CC31CCN(c2ccccn2)CC1. The van der Waals surface area contributed by atoms with E-state index in [1.165, 1.54) is 16.6 Å². The molecule has 1 spiro atoms. The van der Waals surface area contributed by atoms with Gasteiger partial charge in [-0.15, -0.1) is 0 Å². The summed E-state index contributed by atoms with van der Waals surface area (Å²) in [7, 11) is 1.71. The topological polar surface area (TPSA) is 44.4 Å². The van der Waals surface area contributed by atoms with E-state index in [0.29, 0.717) is 6.54 Å². The number of nitrogens with zero attached hydrogens (tertiary/aromatic N) is 3. The van der Waals surface area contributed by atoms with Gasteiger partial charge in [-0.1, -0.05) is 24.3 Å². The second kappa shape index (κ2) is 8.68. The average Bonchev–Trinajstić information content (AvgIpc) is 3.29. The lowest BCUT2D eigenvalue weighted by Crippen LogP contribution is -2.52. The third kappa shape index (κ3) is 3.76. The number of hydrogen-bond donors (Lipinski definition) is 1. The third-order valence-electron chi connectivity index (χ3n) is 8.06. The predicted octanol–water partition coefficient (Wildman–Crippen LogP) is 5.83. The molecule has 1 saturated heterocycles. The first-order valence-electron chi connectivity index (χ1n) is 12.4. The molecule has 1 unspecified atom stereocenters. The van der Waals surface area contributed by atoms with Gasteiger partial charge in [0.2, 0.25) is 0 Å². The molecular weight excluding hydrogens is 439 g/mol. The number of halogens is 1. The van der Waals surface area contributed by atoms with E-state index in [1.54, 1.807) is 19.2 Å². The maximum absolute atomic E-state index is 14.6. The second-order valence-corrected chi connectivity index (χ2v) is 9.95. The molecule has 0 bridgehead atoms. The fourth-order valence-electron chi connectivity index (χ4n) is 6.15. The molecule has 6 heteroatoms. The molecule has 2 aromatic carbocycles. The minimum absolute atomic E-state index is 0.00871. The van der Waals surface area contributed by atoms with E-state index in [0.717, 1.165) is 55.1 Å². The maximum atomic E-state index is 14.6. The zero-order chi connectivity index (χ0) is 24.0. The number of rotatable bonds is 4. The number of ether oxygens (including phenoxy) is 1. The van der Waals surface area contributed by atoms with Crippen molar-refractivity contribution in [1.29, 1.82) is 0 Å². The Hall–Kier alpha value is -3.38. The zero-order valence-electron chi connectivity index (χ0n) is 20.3. The zero-order valence-corrected chi connectivity index (χ0v) is 20.3. The molecule has 5 nitrogen and oxygen atoms in total. The normalized spacial score (nSPS) is 19.7. The molecule has 2 aliphatic rings. The van der Waals surface area contributed by atoms with Gasteiger partial charge in [0.1, 0.15) is 17.4 Å². The number of fused-ring (bicyclic) bond motifs is 4. The largest absolute Gasteiger partial charge is 0.497 e. The highest BCUT2D eigenvalue weighted by atomic mass is 19.1. The van der Waals surface area contributed by atoms with Gasteiger partial charge in [0.15, 0.2) is 0 Å². The lowest BCUT2D eigenvalue weighted by molar-refractivity contribution is 0.109. The van der Waals surface area contributed by atoms with Crippen LogP contribution >= 0.6 is 0 Å². The van der Waals surface area contributed by atoms with Crippen LogP contribution in [0.15, 0.2) is 66.9 Å². The van der Waals surface area contributed by atoms with Crippen LogP contribution in [0, 0.1) is 5.82 Å². The first-order valence-corrected chi connectivity index (χ1v) is 12.4. The first-order chi connectivity index (χ1) is 17.1. The lowest BCUT2D eigenvalue weighted by atomic mass is 9.68. The summed E-state index contributed by atoms with van der Waals surface area (Å²) in [5.41, 5.74) is 4.54. The van der Waals surface area contributed by atoms with Crippen LogP contribution in [-0.2, 0) is 12.0 Å². The van der Waals surface area contributed by atoms with Gasteiger partial charge in [0.05, 0.1) is 7.11 Å². The molecule has 0 saturated carbocycles. The van der Waals surface area contributed by atoms with Gasteiger partial charge >= 0.3 is 0 Å². The van der Waals surface area contributed by atoms with Crippen molar-refractivity contribution >= 4 is 16.7 Å². The molecule has 2 aromatic heterocycles. The fourth-order valence-corrected chi connectivity index (χ4v) is 6.15. The van der Waals surface area contributed by atoms with Crippen LogP contribution in [0.4, 0.5) is 10.2 Å². The van der Waals surface area contributed by atoms with Crippen LogP contribution in [0.2, 0.25) is 0 Å². The van der Waals surface area contributed by atoms with Crippen molar-refractivity contribution in [3.05, 3.63) is 89.5 Å². The van der Waals surface area contributed by atoms with Gasteiger partial charge in [-0.2, -0.15) is 0 Å². The van der Waals surface area contributed by atoms with Crippen molar-refractivity contribution in [2.45, 2.75) is 37.8 Å². The number of methoxy groups -OCH3 is 1. The molecule has 1 N–H and O–H groups in total. The van der Waals surface area contributed by atoms with Gasteiger partial charge < -0.3 is 14.6 Å². The number of hydrogen-bond acceptors (Lipinski definition) is 4. The van der Waals surface area contributed by atoms with Crippen molar-refractivity contribution in [1.82, 2.24) is 14.9 Å². The van der Waals surface area contributed by atoms with Crippen molar-refractivity contribution < 1.29 is 9.13 Å². The summed E-state index contributed by atoms with van der Waals surface area (Å²) in [6.45, 7) is 5.63. The Balaban J connectivity index is 1.41. The van der Waals surface area contributed by atoms with E-state index in [1.807, 2.05) is 24.4 Å². The number of benzene rings is 2. The molecule has 35 heavy (non-hydrogen) atoms. The van der Waals surface area contributed by atoms with E-state index in [9.17, 15) is 4.39 Å². The Morgan fingerprint density at radius 1 is 1.09 bits per heavy atom. The third-order valence-corrected chi connectivity index (χ3v) is 8.06. The van der Waals surface area contributed by atoms with Gasteiger partial charge in [0.25, 0.3) is 0 Å². The monoisotopic (exact) mass is 470 g/mol. The Kier molecular flexibility index (Phi) is 5.49. The first kappa shape index (κ1) is 22.1. The number of pyridine rings is 1. The summed E-state index contributed by atoms with van der Waals surface area (Å²) in [6.07, 6.45) is 3.91. The Morgan fingerprint density at radius 3 is 2.63 bits per heavy atom. The molecule has 0 radical (unpaired) electrons. The van der Waals surface area contributed by atoms with Gasteiger partial charge in [0, 0.05) is 72.1 Å². The predicted molar refractivity (Wildman–Crippen MR) is 137 cm³/mol. The molecule has 0 amide bonds. The number of anilines is 1. The molecule has 4 aromatic rings. The van der Waals surface area contributed by atoms with Crippen LogP contribution in [0.3, 0.4) is 0 Å². The molecule has 180 valence electrons. The molecule has 6 rings (SSSR count). The van der Waals surface area contributed by atoms with Crippen molar-refractivity contribution in [2.75, 3.05) is 31.6 Å². The van der Waals surface area contributed by atoms with E-state index in [2.05, 4.69) is 57.0 Å². The van der Waals surface area contributed by atoms with E-state index in [4.69, 9.17) is 4.74 Å². The van der Waals surface area contributed by atoms with E-state index >= 15 is 0 Å². The summed E-state index contributed by atoms with van der Waals surface area (Å²) in [5, 5.41) is 1.28. The van der Waals surface area contributed by atoms with Crippen molar-refractivity contribution in [3.63, 3.8) is 0 Å². The summed E-state index contributed by atoms with van der Waals surface area (Å²) in [5.74, 6) is 1.76. The minimum atomic E-state index is -0.133. The van der Waals surface area contributed by atoms with Crippen LogP contribution in [-0.4, -0.2) is 41.6 Å². The van der Waals surface area contributed by atoms with Crippen LogP contribution in [0.1, 0.15) is 42.6 Å². The van der Waals surface area contributed by atoms with Crippen LogP contribution < -0.4 is 9.64 Å². The lowest BCUT2D eigenvalue weighted by Gasteiger charge is -2.50. The number of aromatic amines is 1. The molecule has 2 aliphatic heterocycles. The maximum Gasteiger partial charge on any atom is 0.128 e. The molecule has 4 heterocycles. The van der Waals surface area contributed by atoms with Crippen molar-refractivity contribution in [2.24, 2.45) is 0 Å². The van der Waals surface area contributed by atoms with Crippen LogP contribution in [0.5, 0.6) is 5.75 Å². The minimum Gasteiger partial charge on any atom is -0.497 e. The van der Waals surface area contributed by atoms with E-state index in [-0.39, 0.29) is 17.3 Å².